The maximum Gasteiger partial charge on any atom is 0.312 e. The van der Waals surface area contributed by atoms with E-state index in [2.05, 4.69) is 4.98 Å². The number of aromatic nitrogens is 1. The van der Waals surface area contributed by atoms with Gasteiger partial charge in [0.2, 0.25) is 5.78 Å². The van der Waals surface area contributed by atoms with Gasteiger partial charge in [-0.15, -0.1) is 0 Å². The number of carbonyl (C=O) groups excluding carboxylic acids is 2. The number of benzene rings is 3. The molecule has 6 rings (SSSR count). The van der Waals surface area contributed by atoms with Crippen LogP contribution in [0.1, 0.15) is 39.4 Å². The fourth-order valence-corrected chi connectivity index (χ4v) is 5.13. The van der Waals surface area contributed by atoms with Gasteiger partial charge in [0.05, 0.1) is 33.3 Å². The molecule has 1 atom stereocenters. The van der Waals surface area contributed by atoms with E-state index in [1.807, 2.05) is 0 Å². The van der Waals surface area contributed by atoms with Gasteiger partial charge in [-0.25, -0.2) is 0 Å². The Morgan fingerprint density at radius 2 is 1.77 bits per heavy atom. The molecule has 2 aliphatic heterocycles. The van der Waals surface area contributed by atoms with E-state index in [1.54, 1.807) is 67.8 Å². The molecule has 0 fully saturated rings. The number of methoxy groups -OCH3 is 3. The molecule has 3 heterocycles. The number of rotatable bonds is 5. The van der Waals surface area contributed by atoms with Gasteiger partial charge in [-0.05, 0) is 48.5 Å². The number of pyridine rings is 1. The van der Waals surface area contributed by atoms with Crippen LogP contribution in [0.5, 0.6) is 28.7 Å². The number of nitrogens with one attached hydrogen (secondary N) is 1. The van der Waals surface area contributed by atoms with Crippen molar-refractivity contribution < 1.29 is 33.3 Å². The fraction of sp³-hybridized carbons (Fsp3) is 0.167. The molecule has 0 saturated carbocycles. The molecular formula is C30H23NO8. The monoisotopic (exact) mass is 525 g/mol. The maximum absolute atomic E-state index is 13.4. The standard InChI is InChI=1S/C30H23NO8/c1-35-17-7-9-21-16(11-17)12-20(30(34)31-21)19-14-25(32)38-22-10-8-18-27(33)24(39-29(18)26(19)22)13-15-5-4-6-23(36-2)28(15)37-3/h4-13,19H,14H2,1-3H3,(H,31,34). The summed E-state index contributed by atoms with van der Waals surface area (Å²) in [6.07, 6.45) is 1.48. The van der Waals surface area contributed by atoms with E-state index in [-0.39, 0.29) is 35.0 Å². The van der Waals surface area contributed by atoms with Gasteiger partial charge in [-0.1, -0.05) is 12.1 Å². The summed E-state index contributed by atoms with van der Waals surface area (Å²) < 4.78 is 27.8. The van der Waals surface area contributed by atoms with E-state index >= 15 is 0 Å². The van der Waals surface area contributed by atoms with Gasteiger partial charge in [0.15, 0.2) is 17.3 Å². The van der Waals surface area contributed by atoms with Crippen molar-refractivity contribution in [1.29, 1.82) is 0 Å². The van der Waals surface area contributed by atoms with Crippen molar-refractivity contribution in [2.24, 2.45) is 0 Å². The lowest BCUT2D eigenvalue weighted by atomic mass is 9.85. The third-order valence-electron chi connectivity index (χ3n) is 6.96. The van der Waals surface area contributed by atoms with Gasteiger partial charge in [-0.3, -0.25) is 14.4 Å². The van der Waals surface area contributed by atoms with Crippen molar-refractivity contribution in [1.82, 2.24) is 4.98 Å². The highest BCUT2D eigenvalue weighted by Gasteiger charge is 2.39. The normalized spacial score (nSPS) is 16.9. The topological polar surface area (TPSA) is 113 Å². The third-order valence-corrected chi connectivity index (χ3v) is 6.96. The minimum absolute atomic E-state index is 0.0674. The first-order chi connectivity index (χ1) is 18.9. The Labute approximate surface area is 222 Å². The summed E-state index contributed by atoms with van der Waals surface area (Å²) >= 11 is 0. The number of aromatic amines is 1. The molecule has 2 aliphatic rings. The van der Waals surface area contributed by atoms with Gasteiger partial charge >= 0.3 is 5.97 Å². The van der Waals surface area contributed by atoms with Crippen molar-refractivity contribution >= 4 is 28.7 Å². The van der Waals surface area contributed by atoms with Gasteiger partial charge in [0.1, 0.15) is 17.2 Å². The Morgan fingerprint density at radius 3 is 2.54 bits per heavy atom. The molecule has 0 amide bonds. The van der Waals surface area contributed by atoms with Crippen molar-refractivity contribution in [3.05, 3.63) is 93.0 Å². The highest BCUT2D eigenvalue weighted by Crippen LogP contribution is 2.49. The molecule has 1 N–H and O–H groups in total. The zero-order valence-electron chi connectivity index (χ0n) is 21.3. The number of esters is 1. The Morgan fingerprint density at radius 1 is 0.923 bits per heavy atom. The summed E-state index contributed by atoms with van der Waals surface area (Å²) in [7, 11) is 4.60. The van der Waals surface area contributed by atoms with Crippen LogP contribution in [0, 0.1) is 0 Å². The van der Waals surface area contributed by atoms with E-state index in [0.29, 0.717) is 45.0 Å². The minimum Gasteiger partial charge on any atom is -0.497 e. The largest absolute Gasteiger partial charge is 0.497 e. The van der Waals surface area contributed by atoms with Crippen LogP contribution < -0.4 is 29.2 Å². The van der Waals surface area contributed by atoms with Gasteiger partial charge in [-0.2, -0.15) is 0 Å². The van der Waals surface area contributed by atoms with E-state index in [9.17, 15) is 14.4 Å². The summed E-state index contributed by atoms with van der Waals surface area (Å²) in [6, 6.07) is 15.5. The third kappa shape index (κ3) is 3.99. The average molecular weight is 526 g/mol. The predicted octanol–water partition coefficient (Wildman–Crippen LogP) is 4.61. The van der Waals surface area contributed by atoms with Crippen LogP contribution >= 0.6 is 0 Å². The van der Waals surface area contributed by atoms with Crippen LogP contribution in [0.3, 0.4) is 0 Å². The second-order valence-electron chi connectivity index (χ2n) is 9.11. The highest BCUT2D eigenvalue weighted by atomic mass is 16.5. The SMILES string of the molecule is COc1ccc2[nH]c(=O)c(C3CC(=O)Oc4ccc5c(c43)OC(=Cc3cccc(OC)c3OC)C5=O)cc2c1. The second kappa shape index (κ2) is 9.36. The maximum atomic E-state index is 13.4. The number of H-pyrrole nitrogens is 1. The predicted molar refractivity (Wildman–Crippen MR) is 142 cm³/mol. The molecule has 1 unspecified atom stereocenters. The molecule has 4 aromatic rings. The van der Waals surface area contributed by atoms with Crippen LogP contribution in [-0.4, -0.2) is 38.1 Å². The Balaban J connectivity index is 1.49. The first-order valence-corrected chi connectivity index (χ1v) is 12.2. The Kier molecular flexibility index (Phi) is 5.83. The summed E-state index contributed by atoms with van der Waals surface area (Å²) in [5, 5.41) is 0.736. The first kappa shape index (κ1) is 24.3. The van der Waals surface area contributed by atoms with Crippen molar-refractivity contribution in [2.75, 3.05) is 21.3 Å². The smallest absolute Gasteiger partial charge is 0.312 e. The molecule has 0 spiro atoms. The number of para-hydroxylation sites is 1. The lowest BCUT2D eigenvalue weighted by Gasteiger charge is -2.26. The fourth-order valence-electron chi connectivity index (χ4n) is 5.13. The minimum atomic E-state index is -0.700. The molecule has 196 valence electrons. The lowest BCUT2D eigenvalue weighted by molar-refractivity contribution is -0.135. The summed E-state index contributed by atoms with van der Waals surface area (Å²) in [5.41, 5.74) is 2.00. The number of fused-ring (bicyclic) bond motifs is 4. The molecule has 0 saturated heterocycles. The summed E-state index contributed by atoms with van der Waals surface area (Å²) in [4.78, 5) is 42.1. The van der Waals surface area contributed by atoms with Crippen LogP contribution in [0.15, 0.2) is 65.2 Å². The van der Waals surface area contributed by atoms with Crippen LogP contribution in [0.25, 0.3) is 17.0 Å². The lowest BCUT2D eigenvalue weighted by Crippen LogP contribution is -2.26. The molecule has 0 radical (unpaired) electrons. The van der Waals surface area contributed by atoms with E-state index in [0.717, 1.165) is 5.39 Å². The van der Waals surface area contributed by atoms with E-state index < -0.39 is 11.9 Å². The van der Waals surface area contributed by atoms with Gasteiger partial charge in [0.25, 0.3) is 5.56 Å². The zero-order valence-corrected chi connectivity index (χ0v) is 21.3. The number of hydrogen-bond acceptors (Lipinski definition) is 8. The van der Waals surface area contributed by atoms with Crippen LogP contribution in [0.4, 0.5) is 0 Å². The van der Waals surface area contributed by atoms with Crippen molar-refractivity contribution in [3.8, 4) is 28.7 Å². The number of carbonyl (C=O) groups is 2. The molecule has 9 nitrogen and oxygen atoms in total. The molecule has 1 aromatic heterocycles. The number of ketones is 1. The van der Waals surface area contributed by atoms with E-state index in [4.69, 9.17) is 23.7 Å². The highest BCUT2D eigenvalue weighted by molar-refractivity contribution is 6.15. The van der Waals surface area contributed by atoms with Crippen molar-refractivity contribution in [2.45, 2.75) is 12.3 Å². The summed E-state index contributed by atoms with van der Waals surface area (Å²) in [5.74, 6) is 0.622. The number of hydrogen-bond donors (Lipinski definition) is 1. The van der Waals surface area contributed by atoms with Crippen molar-refractivity contribution in [3.63, 3.8) is 0 Å². The molecule has 39 heavy (non-hydrogen) atoms. The van der Waals surface area contributed by atoms with E-state index in [1.165, 1.54) is 14.2 Å². The molecule has 0 bridgehead atoms. The zero-order chi connectivity index (χ0) is 27.3. The van der Waals surface area contributed by atoms with Gasteiger partial charge < -0.3 is 28.7 Å². The first-order valence-electron chi connectivity index (χ1n) is 12.2. The second-order valence-corrected chi connectivity index (χ2v) is 9.11. The van der Waals surface area contributed by atoms with Crippen LogP contribution in [-0.2, 0) is 4.79 Å². The number of allylic oxidation sites excluding steroid dienone is 1. The Hall–Kier alpha value is -5.05. The number of Topliss-reactive ketones (excluding diaryl/α,β-unsaturated/α-hetero) is 1. The summed E-state index contributed by atoms with van der Waals surface area (Å²) in [6.45, 7) is 0. The van der Waals surface area contributed by atoms with Crippen LogP contribution in [0.2, 0.25) is 0 Å². The molecular weight excluding hydrogens is 502 g/mol. The average Bonchev–Trinajstić information content (AvgIpc) is 3.26. The van der Waals surface area contributed by atoms with Gasteiger partial charge in [0, 0.05) is 33.5 Å². The Bertz CT molecular complexity index is 1770. The number of ether oxygens (including phenoxy) is 5. The molecule has 9 heteroatoms. The molecule has 3 aromatic carbocycles. The molecule has 0 aliphatic carbocycles. The quantitative estimate of drug-likeness (QED) is 0.228.